The summed E-state index contributed by atoms with van der Waals surface area (Å²) in [5.74, 6) is -1.00. The van der Waals surface area contributed by atoms with Crippen molar-refractivity contribution in [2.75, 3.05) is 7.11 Å². The van der Waals surface area contributed by atoms with Crippen LogP contribution in [0.4, 0.5) is 0 Å². The van der Waals surface area contributed by atoms with Crippen molar-refractivity contribution in [3.05, 3.63) is 15.9 Å². The Labute approximate surface area is 61.5 Å². The van der Waals surface area contributed by atoms with Crippen LogP contribution in [0.5, 0.6) is 0 Å². The predicted octanol–water partition coefficient (Wildman–Crippen LogP) is 0.978. The van der Waals surface area contributed by atoms with Gasteiger partial charge in [0.1, 0.15) is 0 Å². The van der Waals surface area contributed by atoms with Crippen LogP contribution in [0.15, 0.2) is 10.9 Å². The van der Waals surface area contributed by atoms with Gasteiger partial charge in [0, 0.05) is 0 Å². The van der Waals surface area contributed by atoms with Gasteiger partial charge in [-0.3, -0.25) is 0 Å². The predicted molar refractivity (Wildman–Crippen MR) is 32.6 cm³/mol. The molecule has 0 atom stereocenters. The molecule has 0 radical (unpaired) electrons. The fraction of sp³-hybridized carbons (Fsp3) is 0.250. The van der Waals surface area contributed by atoms with Crippen molar-refractivity contribution in [1.29, 1.82) is 5.39 Å². The first-order valence-electron chi connectivity index (χ1n) is 2.15. The van der Waals surface area contributed by atoms with E-state index >= 15 is 0 Å². The Kier molecular flexibility index (Phi) is 3.22. The standard InChI is InChI=1S/C4H3ClN2O3/c1-10-4(9)2(7-6)3(5)8/h1H3/p+1. The zero-order chi connectivity index (χ0) is 8.15. The highest BCUT2D eigenvalue weighted by molar-refractivity contribution is 6.30. The molecule has 0 rings (SSSR count). The first-order chi connectivity index (χ1) is 4.63. The highest BCUT2D eigenvalue weighted by atomic mass is 35.5. The quantitative estimate of drug-likeness (QED) is 0.271. The van der Waals surface area contributed by atoms with E-state index in [9.17, 15) is 4.79 Å². The minimum atomic E-state index is -1.00. The van der Waals surface area contributed by atoms with Crippen molar-refractivity contribution >= 4 is 17.6 Å². The van der Waals surface area contributed by atoms with E-state index in [2.05, 4.69) is 9.71 Å². The molecule has 0 aromatic rings. The molecule has 0 bridgehead atoms. The fourth-order valence-corrected chi connectivity index (χ4v) is 0.378. The smallest absolute Gasteiger partial charge is 0.493 e. The Morgan fingerprint density at radius 2 is 2.30 bits per heavy atom. The van der Waals surface area contributed by atoms with Gasteiger partial charge < -0.3 is 9.84 Å². The average molecular weight is 164 g/mol. The number of nitrogens with zero attached hydrogens (tertiary/aromatic N) is 2. The van der Waals surface area contributed by atoms with Gasteiger partial charge >= 0.3 is 11.7 Å². The third-order valence-electron chi connectivity index (χ3n) is 0.674. The molecule has 0 aliphatic heterocycles. The van der Waals surface area contributed by atoms with Crippen molar-refractivity contribution in [3.63, 3.8) is 0 Å². The molecule has 1 N–H and O–H groups in total. The Morgan fingerprint density at radius 1 is 1.80 bits per heavy atom. The molecule has 0 fully saturated rings. The summed E-state index contributed by atoms with van der Waals surface area (Å²) in [4.78, 5) is 12.8. The molecule has 0 heterocycles. The van der Waals surface area contributed by atoms with E-state index in [1.807, 2.05) is 0 Å². The fourth-order valence-electron chi connectivity index (χ4n) is 0.263. The number of carbonyl (C=O) groups is 1. The number of rotatable bonds is 1. The summed E-state index contributed by atoms with van der Waals surface area (Å²) in [5.41, 5.74) is -0.718. The number of halogens is 1. The molecule has 0 aromatic heterocycles. The summed E-state index contributed by atoms with van der Waals surface area (Å²) in [7, 11) is 1.06. The lowest BCUT2D eigenvalue weighted by atomic mass is 10.5. The molecule has 54 valence electrons. The number of ether oxygens (including phenoxy) is 1. The van der Waals surface area contributed by atoms with Gasteiger partial charge in [-0.25, -0.2) is 4.79 Å². The molecule has 0 aliphatic carbocycles. The number of aliphatic hydroxyl groups excluding tert-OH is 1. The van der Waals surface area contributed by atoms with Gasteiger partial charge in [-0.05, 0) is 11.6 Å². The van der Waals surface area contributed by atoms with Crippen molar-refractivity contribution < 1.29 is 14.6 Å². The van der Waals surface area contributed by atoms with Gasteiger partial charge in [-0.15, -0.1) is 0 Å². The molecule has 0 unspecified atom stereocenters. The number of hydrogen-bond donors (Lipinski definition) is 1. The van der Waals surface area contributed by atoms with Crippen LogP contribution in [0.25, 0.3) is 4.98 Å². The normalized spacial score (nSPS) is 11.3. The number of carbonyl (C=O) groups excluding carboxylic acids is 1. The maximum Gasteiger partial charge on any atom is 0.521 e. The topological polar surface area (TPSA) is 74.7 Å². The minimum absolute atomic E-state index is 0.718. The summed E-state index contributed by atoms with van der Waals surface area (Å²) in [6.07, 6.45) is 0. The Morgan fingerprint density at radius 3 is 2.40 bits per heavy atom. The highest BCUT2D eigenvalue weighted by Gasteiger charge is 2.28. The van der Waals surface area contributed by atoms with E-state index in [0.717, 1.165) is 7.11 Å². The molecular formula is C4H4ClN2O3+. The second kappa shape index (κ2) is 3.69. The third kappa shape index (κ3) is 1.91. The lowest BCUT2D eigenvalue weighted by molar-refractivity contribution is -0.135. The van der Waals surface area contributed by atoms with Gasteiger partial charge in [0.05, 0.1) is 7.11 Å². The Hall–Kier alpha value is -1.28. The van der Waals surface area contributed by atoms with Crippen LogP contribution >= 0.6 is 11.6 Å². The lowest BCUT2D eigenvalue weighted by Crippen LogP contribution is -2.02. The molecule has 0 aromatic carbocycles. The zero-order valence-electron chi connectivity index (χ0n) is 5.04. The number of aliphatic hydroxyl groups is 1. The van der Waals surface area contributed by atoms with Crippen LogP contribution in [-0.4, -0.2) is 18.2 Å². The molecule has 0 amide bonds. The first-order valence-corrected chi connectivity index (χ1v) is 2.53. The SMILES string of the molecule is COC(=O)/C([N+]#N)=C(\O)Cl. The number of methoxy groups -OCH3 is 1. The van der Waals surface area contributed by atoms with Crippen LogP contribution in [0.2, 0.25) is 0 Å². The van der Waals surface area contributed by atoms with Gasteiger partial charge in [-0.1, -0.05) is 0 Å². The average Bonchev–Trinajstić information content (AvgIpc) is 1.88. The first kappa shape index (κ1) is 8.72. The van der Waals surface area contributed by atoms with E-state index < -0.39 is 16.9 Å². The maximum atomic E-state index is 10.4. The van der Waals surface area contributed by atoms with Gasteiger partial charge in [-0.2, -0.15) is 0 Å². The molecule has 6 heteroatoms. The molecular weight excluding hydrogens is 160 g/mol. The van der Waals surface area contributed by atoms with Crippen LogP contribution in [0.1, 0.15) is 0 Å². The van der Waals surface area contributed by atoms with Crippen LogP contribution < -0.4 is 0 Å². The largest absolute Gasteiger partial charge is 0.521 e. The monoisotopic (exact) mass is 163 g/mol. The Bertz CT molecular complexity index is 213. The second-order valence-corrected chi connectivity index (χ2v) is 1.59. The molecule has 0 saturated heterocycles. The van der Waals surface area contributed by atoms with Gasteiger partial charge in [0.2, 0.25) is 5.39 Å². The van der Waals surface area contributed by atoms with Crippen LogP contribution in [0, 0.1) is 5.39 Å². The third-order valence-corrected chi connectivity index (χ3v) is 0.853. The number of hydrogen-bond acceptors (Lipinski definition) is 4. The maximum absolute atomic E-state index is 10.4. The van der Waals surface area contributed by atoms with Gasteiger partial charge in [0.15, 0.2) is 4.98 Å². The lowest BCUT2D eigenvalue weighted by Gasteiger charge is -1.84. The van der Waals surface area contributed by atoms with Crippen molar-refractivity contribution in [2.45, 2.75) is 0 Å². The number of esters is 1. The van der Waals surface area contributed by atoms with E-state index in [-0.39, 0.29) is 0 Å². The second-order valence-electron chi connectivity index (χ2n) is 1.23. The minimum Gasteiger partial charge on any atom is -0.493 e. The van der Waals surface area contributed by atoms with Crippen molar-refractivity contribution in [2.24, 2.45) is 0 Å². The van der Waals surface area contributed by atoms with E-state index in [1.165, 1.54) is 0 Å². The van der Waals surface area contributed by atoms with Crippen LogP contribution in [0.3, 0.4) is 0 Å². The summed E-state index contributed by atoms with van der Waals surface area (Å²) in [6, 6.07) is 0. The van der Waals surface area contributed by atoms with E-state index in [1.54, 1.807) is 0 Å². The summed E-state index contributed by atoms with van der Waals surface area (Å²) in [5, 5.41) is 15.5. The molecule has 5 nitrogen and oxygen atoms in total. The Balaban J connectivity index is 4.59. The summed E-state index contributed by atoms with van der Waals surface area (Å²) in [6.45, 7) is 0. The molecule has 0 spiro atoms. The summed E-state index contributed by atoms with van der Waals surface area (Å²) < 4.78 is 4.07. The molecule has 0 aliphatic rings. The summed E-state index contributed by atoms with van der Waals surface area (Å²) >= 11 is 4.90. The van der Waals surface area contributed by atoms with E-state index in [4.69, 9.17) is 22.1 Å². The van der Waals surface area contributed by atoms with Gasteiger partial charge in [0.25, 0.3) is 5.22 Å². The number of diazo groups is 1. The van der Waals surface area contributed by atoms with Crippen molar-refractivity contribution in [1.82, 2.24) is 0 Å². The molecule has 10 heavy (non-hydrogen) atoms. The zero-order valence-corrected chi connectivity index (χ0v) is 5.79. The van der Waals surface area contributed by atoms with E-state index in [0.29, 0.717) is 0 Å². The molecule has 0 saturated carbocycles. The van der Waals surface area contributed by atoms with Crippen LogP contribution in [-0.2, 0) is 9.53 Å². The van der Waals surface area contributed by atoms with Crippen molar-refractivity contribution in [3.8, 4) is 0 Å². The highest BCUT2D eigenvalue weighted by Crippen LogP contribution is 2.08.